The summed E-state index contributed by atoms with van der Waals surface area (Å²) in [6.07, 6.45) is 7.44. The van der Waals surface area contributed by atoms with Crippen molar-refractivity contribution in [2.45, 2.75) is 50.6 Å². The summed E-state index contributed by atoms with van der Waals surface area (Å²) in [5, 5.41) is 6.71. The Morgan fingerprint density at radius 2 is 1.94 bits per heavy atom. The average Bonchev–Trinajstić information content (AvgIpc) is 2.80. The second kappa shape index (κ2) is 3.71. The van der Waals surface area contributed by atoms with Gasteiger partial charge in [-0.25, -0.2) is 0 Å². The third-order valence-electron chi connectivity index (χ3n) is 5.66. The number of rotatable bonds is 3. The highest BCUT2D eigenvalue weighted by Gasteiger charge is 2.65. The van der Waals surface area contributed by atoms with Crippen LogP contribution >= 0.6 is 0 Å². The Bertz CT molecular complexity index is 321. The Kier molecular flexibility index (Phi) is 2.26. The van der Waals surface area contributed by atoms with Gasteiger partial charge in [-0.3, -0.25) is 4.79 Å². The van der Waals surface area contributed by atoms with Crippen molar-refractivity contribution >= 4 is 5.91 Å². The molecule has 94 valence electrons. The van der Waals surface area contributed by atoms with E-state index in [2.05, 4.69) is 10.6 Å². The summed E-state index contributed by atoms with van der Waals surface area (Å²) in [4.78, 5) is 12.0. The number of amides is 1. The van der Waals surface area contributed by atoms with Crippen molar-refractivity contribution in [3.63, 3.8) is 0 Å². The van der Waals surface area contributed by atoms with Gasteiger partial charge in [0.25, 0.3) is 0 Å². The summed E-state index contributed by atoms with van der Waals surface area (Å²) >= 11 is 0. The van der Waals surface area contributed by atoms with E-state index in [-0.39, 0.29) is 0 Å². The zero-order chi connectivity index (χ0) is 11.4. The molecule has 4 aliphatic rings. The van der Waals surface area contributed by atoms with Crippen LogP contribution in [-0.2, 0) is 4.79 Å². The first kappa shape index (κ1) is 10.4. The lowest BCUT2D eigenvalue weighted by molar-refractivity contribution is -0.121. The minimum atomic E-state index is 0.295. The quantitative estimate of drug-likeness (QED) is 0.772. The predicted octanol–water partition coefficient (Wildman–Crippen LogP) is 1.29. The number of carbonyl (C=O) groups is 1. The van der Waals surface area contributed by atoms with E-state index in [4.69, 9.17) is 0 Å². The predicted molar refractivity (Wildman–Crippen MR) is 65.4 cm³/mol. The van der Waals surface area contributed by atoms with Crippen LogP contribution in [0.15, 0.2) is 0 Å². The molecule has 0 aromatic rings. The van der Waals surface area contributed by atoms with Gasteiger partial charge in [-0.1, -0.05) is 0 Å². The molecule has 0 aromatic heterocycles. The van der Waals surface area contributed by atoms with Gasteiger partial charge in [0.05, 0.1) is 0 Å². The van der Waals surface area contributed by atoms with Gasteiger partial charge in [0.1, 0.15) is 0 Å². The van der Waals surface area contributed by atoms with Gasteiger partial charge in [0.2, 0.25) is 5.91 Å². The standard InChI is InChI=1S/C14H22N2O/c17-11(7-10-2-1-5-15-10)16-14-12-8-3-4-9(6-8)13(12)14/h8-10,12-15H,1-7H2,(H,16,17). The summed E-state index contributed by atoms with van der Waals surface area (Å²) in [6, 6.07) is 1.01. The minimum Gasteiger partial charge on any atom is -0.353 e. The Morgan fingerprint density at radius 3 is 2.59 bits per heavy atom. The third kappa shape index (κ3) is 1.62. The lowest BCUT2D eigenvalue weighted by atomic mass is 10.0. The van der Waals surface area contributed by atoms with Crippen molar-refractivity contribution in [1.82, 2.24) is 10.6 Å². The number of nitrogens with one attached hydrogen (secondary N) is 2. The van der Waals surface area contributed by atoms with Crippen molar-refractivity contribution in [1.29, 1.82) is 0 Å². The second-order valence-electron chi connectivity index (χ2n) is 6.58. The largest absolute Gasteiger partial charge is 0.353 e. The SMILES string of the molecule is O=C(CC1CCCN1)NC1C2C3CCC(C3)C12. The van der Waals surface area contributed by atoms with E-state index in [1.54, 1.807) is 0 Å². The summed E-state index contributed by atoms with van der Waals surface area (Å²) in [5.41, 5.74) is 0. The Morgan fingerprint density at radius 1 is 1.18 bits per heavy atom. The number of fused-ring (bicyclic) bond motifs is 5. The van der Waals surface area contributed by atoms with Crippen LogP contribution in [0.5, 0.6) is 0 Å². The van der Waals surface area contributed by atoms with Gasteiger partial charge in [-0.15, -0.1) is 0 Å². The fourth-order valence-corrected chi connectivity index (χ4v) is 4.92. The smallest absolute Gasteiger partial charge is 0.221 e. The van der Waals surface area contributed by atoms with Crippen LogP contribution in [0.2, 0.25) is 0 Å². The fourth-order valence-electron chi connectivity index (χ4n) is 4.92. The van der Waals surface area contributed by atoms with Crippen LogP contribution in [0.1, 0.15) is 38.5 Å². The number of carbonyl (C=O) groups excluding carboxylic acids is 1. The van der Waals surface area contributed by atoms with Crippen LogP contribution in [0.3, 0.4) is 0 Å². The zero-order valence-electron chi connectivity index (χ0n) is 10.3. The molecule has 4 rings (SSSR count). The monoisotopic (exact) mass is 234 g/mol. The summed E-state index contributed by atoms with van der Waals surface area (Å²) in [6.45, 7) is 1.09. The molecule has 3 aliphatic carbocycles. The molecule has 3 saturated carbocycles. The van der Waals surface area contributed by atoms with Crippen molar-refractivity contribution in [3.8, 4) is 0 Å². The van der Waals surface area contributed by atoms with Gasteiger partial charge < -0.3 is 10.6 Å². The van der Waals surface area contributed by atoms with Crippen molar-refractivity contribution < 1.29 is 4.79 Å². The molecule has 0 spiro atoms. The molecule has 0 radical (unpaired) electrons. The molecule has 3 nitrogen and oxygen atoms in total. The van der Waals surface area contributed by atoms with Crippen LogP contribution in [0, 0.1) is 23.7 Å². The van der Waals surface area contributed by atoms with E-state index in [9.17, 15) is 4.79 Å². The Hall–Kier alpha value is -0.570. The molecule has 2 bridgehead atoms. The molecule has 1 heterocycles. The van der Waals surface area contributed by atoms with Gasteiger partial charge in [-0.05, 0) is 62.3 Å². The van der Waals surface area contributed by atoms with Gasteiger partial charge in [0, 0.05) is 18.5 Å². The lowest BCUT2D eigenvalue weighted by Gasteiger charge is -2.13. The second-order valence-corrected chi connectivity index (χ2v) is 6.58. The lowest BCUT2D eigenvalue weighted by Crippen LogP contribution is -2.35. The van der Waals surface area contributed by atoms with Crippen molar-refractivity contribution in [2.75, 3.05) is 6.54 Å². The maximum Gasteiger partial charge on any atom is 0.221 e. The molecule has 0 aromatic carbocycles. The highest BCUT2D eigenvalue weighted by Crippen LogP contribution is 2.65. The number of hydrogen-bond acceptors (Lipinski definition) is 2. The van der Waals surface area contributed by atoms with E-state index < -0.39 is 0 Å². The molecule has 1 amide bonds. The Labute approximate surface area is 103 Å². The van der Waals surface area contributed by atoms with Crippen molar-refractivity contribution in [3.05, 3.63) is 0 Å². The fraction of sp³-hybridized carbons (Fsp3) is 0.929. The van der Waals surface area contributed by atoms with E-state index >= 15 is 0 Å². The highest BCUT2D eigenvalue weighted by atomic mass is 16.1. The molecule has 5 atom stereocenters. The normalized spacial score (nSPS) is 50.4. The van der Waals surface area contributed by atoms with Crippen LogP contribution in [0.25, 0.3) is 0 Å². The van der Waals surface area contributed by atoms with Gasteiger partial charge >= 0.3 is 0 Å². The molecule has 3 heteroatoms. The maximum atomic E-state index is 12.0. The maximum absolute atomic E-state index is 12.0. The van der Waals surface area contributed by atoms with Crippen LogP contribution < -0.4 is 10.6 Å². The van der Waals surface area contributed by atoms with E-state index in [1.807, 2.05) is 0 Å². The topological polar surface area (TPSA) is 41.1 Å². The summed E-state index contributed by atoms with van der Waals surface area (Å²) in [7, 11) is 0. The molecule has 1 saturated heterocycles. The van der Waals surface area contributed by atoms with E-state index in [1.165, 1.54) is 32.1 Å². The van der Waals surface area contributed by atoms with Crippen LogP contribution in [0.4, 0.5) is 0 Å². The molecular formula is C14H22N2O. The molecule has 2 N–H and O–H groups in total. The summed E-state index contributed by atoms with van der Waals surface area (Å²) < 4.78 is 0. The van der Waals surface area contributed by atoms with Gasteiger partial charge in [0.15, 0.2) is 0 Å². The first-order valence-corrected chi connectivity index (χ1v) is 7.35. The molecule has 1 aliphatic heterocycles. The minimum absolute atomic E-state index is 0.295. The molecular weight excluding hydrogens is 212 g/mol. The Balaban J connectivity index is 1.30. The number of hydrogen-bond donors (Lipinski definition) is 2. The van der Waals surface area contributed by atoms with Crippen LogP contribution in [-0.4, -0.2) is 24.5 Å². The van der Waals surface area contributed by atoms with E-state index in [0.29, 0.717) is 24.4 Å². The molecule has 4 fully saturated rings. The first-order chi connectivity index (χ1) is 8.33. The van der Waals surface area contributed by atoms with Gasteiger partial charge in [-0.2, -0.15) is 0 Å². The summed E-state index contributed by atoms with van der Waals surface area (Å²) in [5.74, 6) is 3.95. The van der Waals surface area contributed by atoms with E-state index in [0.717, 1.165) is 30.2 Å². The van der Waals surface area contributed by atoms with Crippen molar-refractivity contribution in [2.24, 2.45) is 23.7 Å². The zero-order valence-corrected chi connectivity index (χ0v) is 10.3. The first-order valence-electron chi connectivity index (χ1n) is 7.35. The molecule has 17 heavy (non-hydrogen) atoms. The third-order valence-corrected chi connectivity index (χ3v) is 5.66. The molecule has 5 unspecified atom stereocenters. The highest BCUT2D eigenvalue weighted by molar-refractivity contribution is 5.77. The average molecular weight is 234 g/mol.